The first-order chi connectivity index (χ1) is 17.2. The van der Waals surface area contributed by atoms with Crippen molar-refractivity contribution in [2.45, 2.75) is 25.8 Å². The SMILES string of the molecule is COc1ccc(Cc2ccccc2NC(=O)OCC2C3CCC2CN(Cc2ccccc2)C3)cc1. The van der Waals surface area contributed by atoms with Crippen molar-refractivity contribution < 1.29 is 14.3 Å². The van der Waals surface area contributed by atoms with E-state index in [0.717, 1.165) is 48.6 Å². The van der Waals surface area contributed by atoms with Gasteiger partial charge in [0.25, 0.3) is 0 Å². The standard InChI is InChI=1S/C30H34N2O3/c1-34-27-15-11-22(12-16-27)17-24-9-5-6-10-29(24)31-30(33)35-21-28-25-13-14-26(28)20-32(19-25)18-23-7-3-2-4-8-23/h2-12,15-16,25-26,28H,13-14,17-21H2,1H3,(H,31,33). The van der Waals surface area contributed by atoms with Crippen molar-refractivity contribution in [1.82, 2.24) is 4.90 Å². The predicted molar refractivity (Wildman–Crippen MR) is 139 cm³/mol. The first-order valence-electron chi connectivity index (χ1n) is 12.6. The number of carbonyl (C=O) groups excluding carboxylic acids is 1. The third-order valence-electron chi connectivity index (χ3n) is 7.57. The molecule has 182 valence electrons. The number of hydrogen-bond acceptors (Lipinski definition) is 4. The molecule has 1 saturated carbocycles. The Hall–Kier alpha value is -3.31. The van der Waals surface area contributed by atoms with Gasteiger partial charge in [0.05, 0.1) is 13.7 Å². The fourth-order valence-corrected chi connectivity index (χ4v) is 5.75. The van der Waals surface area contributed by atoms with E-state index in [0.29, 0.717) is 24.4 Å². The molecule has 0 radical (unpaired) electrons. The summed E-state index contributed by atoms with van der Waals surface area (Å²) in [6.45, 7) is 3.69. The second-order valence-electron chi connectivity index (χ2n) is 9.85. The van der Waals surface area contributed by atoms with Crippen LogP contribution < -0.4 is 10.1 Å². The first kappa shape index (κ1) is 23.4. The lowest BCUT2D eigenvalue weighted by Gasteiger charge is -2.37. The van der Waals surface area contributed by atoms with Gasteiger partial charge in [-0.05, 0) is 66.0 Å². The molecule has 35 heavy (non-hydrogen) atoms. The molecule has 1 aliphatic carbocycles. The molecule has 3 aromatic carbocycles. The van der Waals surface area contributed by atoms with Gasteiger partial charge in [0.15, 0.2) is 0 Å². The molecule has 1 aliphatic heterocycles. The van der Waals surface area contributed by atoms with Crippen LogP contribution in [0.3, 0.4) is 0 Å². The lowest BCUT2D eigenvalue weighted by molar-refractivity contribution is 0.0528. The van der Waals surface area contributed by atoms with Crippen LogP contribution in [0.1, 0.15) is 29.5 Å². The summed E-state index contributed by atoms with van der Waals surface area (Å²) < 4.78 is 11.0. The molecule has 5 rings (SSSR count). The minimum absolute atomic E-state index is 0.363. The maximum absolute atomic E-state index is 12.7. The third-order valence-corrected chi connectivity index (χ3v) is 7.57. The molecular weight excluding hydrogens is 436 g/mol. The van der Waals surface area contributed by atoms with Gasteiger partial charge >= 0.3 is 6.09 Å². The molecule has 5 heteroatoms. The summed E-state index contributed by atoms with van der Waals surface area (Å²) in [5, 5.41) is 2.99. The highest BCUT2D eigenvalue weighted by atomic mass is 16.5. The first-order valence-corrected chi connectivity index (χ1v) is 12.6. The van der Waals surface area contributed by atoms with Crippen molar-refractivity contribution in [2.24, 2.45) is 17.8 Å². The van der Waals surface area contributed by atoms with E-state index in [4.69, 9.17) is 9.47 Å². The quantitative estimate of drug-likeness (QED) is 0.439. The summed E-state index contributed by atoms with van der Waals surface area (Å²) in [4.78, 5) is 15.3. The molecule has 0 spiro atoms. The number of nitrogens with one attached hydrogen (secondary N) is 1. The van der Waals surface area contributed by atoms with Crippen molar-refractivity contribution in [3.05, 3.63) is 95.6 Å². The molecule has 1 saturated heterocycles. The van der Waals surface area contributed by atoms with Gasteiger partial charge in [-0.2, -0.15) is 0 Å². The molecule has 5 nitrogen and oxygen atoms in total. The molecule has 2 aliphatic rings. The van der Waals surface area contributed by atoms with E-state index in [-0.39, 0.29) is 6.09 Å². The Bertz CT molecular complexity index is 1100. The van der Waals surface area contributed by atoms with E-state index in [2.05, 4.69) is 40.5 Å². The summed E-state index contributed by atoms with van der Waals surface area (Å²) in [5.74, 6) is 2.51. The van der Waals surface area contributed by atoms with Gasteiger partial charge in [0.2, 0.25) is 0 Å². The number of ether oxygens (including phenoxy) is 2. The Morgan fingerprint density at radius 3 is 2.29 bits per heavy atom. The van der Waals surface area contributed by atoms with Gasteiger partial charge in [0.1, 0.15) is 5.75 Å². The molecule has 2 bridgehead atoms. The van der Waals surface area contributed by atoms with Gasteiger partial charge < -0.3 is 9.47 Å². The highest BCUT2D eigenvalue weighted by Crippen LogP contribution is 2.42. The van der Waals surface area contributed by atoms with Crippen LogP contribution in [-0.4, -0.2) is 37.8 Å². The minimum atomic E-state index is -0.363. The van der Waals surface area contributed by atoms with Crippen molar-refractivity contribution >= 4 is 11.8 Å². The van der Waals surface area contributed by atoms with Crippen LogP contribution in [0.15, 0.2) is 78.9 Å². The number of hydrogen-bond donors (Lipinski definition) is 1. The highest BCUT2D eigenvalue weighted by Gasteiger charge is 2.42. The van der Waals surface area contributed by atoms with Crippen LogP contribution in [0, 0.1) is 17.8 Å². The van der Waals surface area contributed by atoms with Gasteiger partial charge in [-0.25, -0.2) is 4.79 Å². The van der Waals surface area contributed by atoms with Gasteiger partial charge in [-0.3, -0.25) is 10.2 Å². The molecular formula is C30H34N2O3. The molecule has 2 atom stereocenters. The van der Waals surface area contributed by atoms with Crippen LogP contribution >= 0.6 is 0 Å². The zero-order valence-electron chi connectivity index (χ0n) is 20.4. The Morgan fingerprint density at radius 2 is 1.57 bits per heavy atom. The number of carbonyl (C=O) groups is 1. The Balaban J connectivity index is 1.14. The topological polar surface area (TPSA) is 50.8 Å². The molecule has 0 aromatic heterocycles. The number of rotatable bonds is 8. The van der Waals surface area contributed by atoms with Crippen molar-refractivity contribution in [2.75, 3.05) is 32.1 Å². The largest absolute Gasteiger partial charge is 0.497 e. The minimum Gasteiger partial charge on any atom is -0.497 e. The van der Waals surface area contributed by atoms with E-state index >= 15 is 0 Å². The van der Waals surface area contributed by atoms with Crippen molar-refractivity contribution in [3.63, 3.8) is 0 Å². The summed E-state index contributed by atoms with van der Waals surface area (Å²) in [5.41, 5.74) is 4.39. The zero-order chi connectivity index (χ0) is 24.0. The molecule has 2 unspecified atom stereocenters. The number of piperidine rings is 1. The second-order valence-corrected chi connectivity index (χ2v) is 9.85. The van der Waals surface area contributed by atoms with Crippen molar-refractivity contribution in [3.8, 4) is 5.75 Å². The number of amides is 1. The van der Waals surface area contributed by atoms with Crippen LogP contribution in [-0.2, 0) is 17.7 Å². The third kappa shape index (κ3) is 5.85. The van der Waals surface area contributed by atoms with E-state index in [9.17, 15) is 4.79 Å². The summed E-state index contributed by atoms with van der Waals surface area (Å²) in [7, 11) is 1.67. The second kappa shape index (κ2) is 11.0. The van der Waals surface area contributed by atoms with Crippen LogP contribution in [0.2, 0.25) is 0 Å². The average molecular weight is 471 g/mol. The van der Waals surface area contributed by atoms with Gasteiger partial charge in [-0.1, -0.05) is 60.7 Å². The van der Waals surface area contributed by atoms with E-state index in [1.807, 2.05) is 48.5 Å². The fraction of sp³-hybridized carbons (Fsp3) is 0.367. The number of nitrogens with zero attached hydrogens (tertiary/aromatic N) is 1. The summed E-state index contributed by atoms with van der Waals surface area (Å²) in [6, 6.07) is 26.6. The summed E-state index contributed by atoms with van der Waals surface area (Å²) >= 11 is 0. The lowest BCUT2D eigenvalue weighted by atomic mass is 9.85. The highest BCUT2D eigenvalue weighted by molar-refractivity contribution is 5.85. The Labute approximate surface area is 208 Å². The molecule has 2 fully saturated rings. The van der Waals surface area contributed by atoms with E-state index < -0.39 is 0 Å². The molecule has 1 N–H and O–H groups in total. The maximum atomic E-state index is 12.7. The molecule has 3 aromatic rings. The van der Waals surface area contributed by atoms with E-state index in [1.54, 1.807) is 7.11 Å². The average Bonchev–Trinajstić information content (AvgIpc) is 3.13. The monoisotopic (exact) mass is 470 g/mol. The number of benzene rings is 3. The smallest absolute Gasteiger partial charge is 0.411 e. The number of fused-ring (bicyclic) bond motifs is 2. The number of methoxy groups -OCH3 is 1. The normalized spacial score (nSPS) is 21.5. The van der Waals surface area contributed by atoms with E-state index in [1.165, 1.54) is 18.4 Å². The van der Waals surface area contributed by atoms with Crippen LogP contribution in [0.25, 0.3) is 0 Å². The maximum Gasteiger partial charge on any atom is 0.411 e. The molecule has 1 heterocycles. The summed E-state index contributed by atoms with van der Waals surface area (Å²) in [6.07, 6.45) is 2.83. The number of likely N-dealkylation sites (tertiary alicyclic amines) is 1. The fourth-order valence-electron chi connectivity index (χ4n) is 5.75. The predicted octanol–water partition coefficient (Wildman–Crippen LogP) is 5.99. The molecule has 1 amide bonds. The number of para-hydroxylation sites is 1. The zero-order valence-corrected chi connectivity index (χ0v) is 20.4. The van der Waals surface area contributed by atoms with Crippen LogP contribution in [0.5, 0.6) is 5.75 Å². The van der Waals surface area contributed by atoms with Crippen molar-refractivity contribution in [1.29, 1.82) is 0 Å². The number of anilines is 1. The van der Waals surface area contributed by atoms with Gasteiger partial charge in [-0.15, -0.1) is 0 Å². The van der Waals surface area contributed by atoms with Crippen LogP contribution in [0.4, 0.5) is 10.5 Å². The lowest BCUT2D eigenvalue weighted by Crippen LogP contribution is -2.43. The Morgan fingerprint density at radius 1 is 0.886 bits per heavy atom. The van der Waals surface area contributed by atoms with Gasteiger partial charge in [0, 0.05) is 31.2 Å². The Kier molecular flexibility index (Phi) is 7.34.